The normalized spacial score (nSPS) is 10.1. The van der Waals surface area contributed by atoms with Crippen LogP contribution in [-0.4, -0.2) is 7.11 Å². The smallest absolute Gasteiger partial charge is 0.147 e. The Labute approximate surface area is 113 Å². The first-order chi connectivity index (χ1) is 8.19. The van der Waals surface area contributed by atoms with Gasteiger partial charge in [0.1, 0.15) is 11.6 Å². The predicted molar refractivity (Wildman–Crippen MR) is 74.2 cm³/mol. The van der Waals surface area contributed by atoms with Gasteiger partial charge in [0.15, 0.2) is 0 Å². The molecule has 2 aromatic rings. The van der Waals surface area contributed by atoms with Gasteiger partial charge in [-0.05, 0) is 52.9 Å². The number of nitrogens with one attached hydrogen (secondary N) is 1. The molecule has 2 nitrogen and oxygen atoms in total. The first-order valence-electron chi connectivity index (χ1n) is 4.97. The van der Waals surface area contributed by atoms with Crippen LogP contribution in [0.25, 0.3) is 0 Å². The molecule has 0 amide bonds. The summed E-state index contributed by atoms with van der Waals surface area (Å²) in [6, 6.07) is 13.2. The Morgan fingerprint density at radius 3 is 2.82 bits per heavy atom. The fourth-order valence-electron chi connectivity index (χ4n) is 1.39. The minimum absolute atomic E-state index is 0.274. The van der Waals surface area contributed by atoms with Crippen molar-refractivity contribution in [1.29, 1.82) is 0 Å². The third-order valence-corrected chi connectivity index (χ3v) is 2.88. The van der Waals surface area contributed by atoms with Crippen LogP contribution in [0, 0.1) is 15.5 Å². The molecule has 0 aliphatic heterocycles. The average molecular weight is 342 g/mol. The Bertz CT molecular complexity index is 531. The Morgan fingerprint density at radius 1 is 1.29 bits per heavy atom. The summed E-state index contributed by atoms with van der Waals surface area (Å²) in [4.78, 5) is 0. The number of methoxy groups -OCH3 is 1. The van der Waals surface area contributed by atoms with Crippen molar-refractivity contribution in [2.24, 2.45) is 0 Å². The number of ether oxygens (including phenoxy) is 1. The van der Waals surface area contributed by atoms with Crippen molar-refractivity contribution in [2.75, 3.05) is 12.4 Å². The highest BCUT2D eigenvalue weighted by Crippen LogP contribution is 2.23. The van der Waals surface area contributed by atoms with E-state index in [0.29, 0.717) is 11.4 Å². The molecule has 0 aliphatic rings. The average Bonchev–Trinajstić information content (AvgIpc) is 2.33. The maximum atomic E-state index is 13.6. The van der Waals surface area contributed by atoms with Crippen LogP contribution in [0.2, 0.25) is 0 Å². The summed E-state index contributed by atoms with van der Waals surface area (Å²) in [5, 5.41) is 3.00. The van der Waals surface area contributed by atoms with Crippen molar-refractivity contribution < 1.29 is 9.13 Å². The number of benzene rings is 2. The van der Waals surface area contributed by atoms with Gasteiger partial charge in [0.2, 0.25) is 0 Å². The number of rotatable bonds is 3. The zero-order valence-corrected chi connectivity index (χ0v) is 11.3. The van der Waals surface area contributed by atoms with Crippen molar-refractivity contribution >= 4 is 34.0 Å². The molecule has 0 fully saturated rings. The van der Waals surface area contributed by atoms with Gasteiger partial charge in [-0.3, -0.25) is 0 Å². The Hall–Kier alpha value is -1.30. The molecule has 17 heavy (non-hydrogen) atoms. The molecule has 0 unspecified atom stereocenters. The molecular weight excluding hydrogens is 332 g/mol. The SMILES string of the molecule is COc1[c]ccc(Nc2ccc(I)cc2F)c1. The van der Waals surface area contributed by atoms with Crippen molar-refractivity contribution in [1.82, 2.24) is 0 Å². The summed E-state index contributed by atoms with van der Waals surface area (Å²) < 4.78 is 19.5. The third kappa shape index (κ3) is 3.09. The highest BCUT2D eigenvalue weighted by molar-refractivity contribution is 14.1. The van der Waals surface area contributed by atoms with Gasteiger partial charge in [-0.25, -0.2) is 4.39 Å². The topological polar surface area (TPSA) is 21.3 Å². The molecule has 0 saturated carbocycles. The molecule has 0 spiro atoms. The van der Waals surface area contributed by atoms with Gasteiger partial charge >= 0.3 is 0 Å². The van der Waals surface area contributed by atoms with Gasteiger partial charge < -0.3 is 10.1 Å². The van der Waals surface area contributed by atoms with Gasteiger partial charge in [0, 0.05) is 21.4 Å². The standard InChI is InChI=1S/C13H10FINO/c1-17-11-4-2-3-10(8-11)16-13-6-5-9(15)7-12(13)14/h2-3,5-8,16H,1H3. The highest BCUT2D eigenvalue weighted by atomic mass is 127. The van der Waals surface area contributed by atoms with Crippen LogP contribution in [-0.2, 0) is 0 Å². The summed E-state index contributed by atoms with van der Waals surface area (Å²) in [6.45, 7) is 0. The highest BCUT2D eigenvalue weighted by Gasteiger charge is 2.03. The van der Waals surface area contributed by atoms with Crippen LogP contribution in [0.5, 0.6) is 5.75 Å². The molecule has 2 aromatic carbocycles. The minimum atomic E-state index is -0.274. The van der Waals surface area contributed by atoms with Gasteiger partial charge in [-0.1, -0.05) is 0 Å². The van der Waals surface area contributed by atoms with Crippen LogP contribution in [0.3, 0.4) is 0 Å². The lowest BCUT2D eigenvalue weighted by atomic mass is 10.2. The van der Waals surface area contributed by atoms with Gasteiger partial charge in [0.05, 0.1) is 12.8 Å². The molecule has 1 radical (unpaired) electrons. The Balaban J connectivity index is 2.25. The molecule has 0 aliphatic carbocycles. The third-order valence-electron chi connectivity index (χ3n) is 2.21. The number of anilines is 2. The summed E-state index contributed by atoms with van der Waals surface area (Å²) in [6.07, 6.45) is 0. The Morgan fingerprint density at radius 2 is 2.12 bits per heavy atom. The minimum Gasteiger partial charge on any atom is -0.496 e. The maximum Gasteiger partial charge on any atom is 0.147 e. The second-order valence-corrected chi connectivity index (χ2v) is 4.64. The summed E-state index contributed by atoms with van der Waals surface area (Å²) in [7, 11) is 1.57. The molecule has 2 rings (SSSR count). The predicted octanol–water partition coefficient (Wildman–Crippen LogP) is 3.98. The van der Waals surface area contributed by atoms with Crippen LogP contribution in [0.15, 0.2) is 36.4 Å². The van der Waals surface area contributed by atoms with Crippen molar-refractivity contribution in [2.45, 2.75) is 0 Å². The van der Waals surface area contributed by atoms with E-state index < -0.39 is 0 Å². The quantitative estimate of drug-likeness (QED) is 0.852. The summed E-state index contributed by atoms with van der Waals surface area (Å²) in [5.41, 5.74) is 1.21. The van der Waals surface area contributed by atoms with E-state index in [9.17, 15) is 4.39 Å². The molecule has 87 valence electrons. The molecule has 0 atom stereocenters. The largest absolute Gasteiger partial charge is 0.496 e. The second-order valence-electron chi connectivity index (χ2n) is 3.39. The molecule has 0 saturated heterocycles. The molecule has 0 bridgehead atoms. The molecule has 0 heterocycles. The van der Waals surface area contributed by atoms with E-state index in [4.69, 9.17) is 4.74 Å². The number of halogens is 2. The van der Waals surface area contributed by atoms with E-state index in [2.05, 4.69) is 34.0 Å². The van der Waals surface area contributed by atoms with Crippen molar-refractivity contribution in [3.05, 3.63) is 51.9 Å². The first kappa shape index (κ1) is 12.2. The van der Waals surface area contributed by atoms with Crippen molar-refractivity contribution in [3.63, 3.8) is 0 Å². The van der Waals surface area contributed by atoms with E-state index in [1.807, 2.05) is 6.07 Å². The maximum absolute atomic E-state index is 13.6. The Kier molecular flexibility index (Phi) is 3.83. The monoisotopic (exact) mass is 342 g/mol. The van der Waals surface area contributed by atoms with Crippen LogP contribution in [0.4, 0.5) is 15.8 Å². The second kappa shape index (κ2) is 5.35. The van der Waals surface area contributed by atoms with E-state index in [-0.39, 0.29) is 5.82 Å². The fourth-order valence-corrected chi connectivity index (χ4v) is 1.84. The summed E-state index contributed by atoms with van der Waals surface area (Å²) >= 11 is 2.07. The van der Waals surface area contributed by atoms with Gasteiger partial charge in [0.25, 0.3) is 0 Å². The van der Waals surface area contributed by atoms with E-state index in [1.54, 1.807) is 31.4 Å². The van der Waals surface area contributed by atoms with E-state index in [1.165, 1.54) is 6.07 Å². The fraction of sp³-hybridized carbons (Fsp3) is 0.0769. The zero-order valence-electron chi connectivity index (χ0n) is 9.13. The molecule has 4 heteroatoms. The van der Waals surface area contributed by atoms with Crippen molar-refractivity contribution in [3.8, 4) is 5.75 Å². The van der Waals surface area contributed by atoms with Crippen LogP contribution < -0.4 is 10.1 Å². The lowest BCUT2D eigenvalue weighted by Crippen LogP contribution is -1.94. The molecule has 1 N–H and O–H groups in total. The van der Waals surface area contributed by atoms with E-state index >= 15 is 0 Å². The molecule has 0 aromatic heterocycles. The van der Waals surface area contributed by atoms with Crippen LogP contribution in [0.1, 0.15) is 0 Å². The number of hydrogen-bond donors (Lipinski definition) is 1. The molecular formula is C13H10FINO. The summed E-state index contributed by atoms with van der Waals surface area (Å²) in [5.74, 6) is 0.338. The van der Waals surface area contributed by atoms with E-state index in [0.717, 1.165) is 9.26 Å². The van der Waals surface area contributed by atoms with Gasteiger partial charge in [-0.2, -0.15) is 0 Å². The van der Waals surface area contributed by atoms with Gasteiger partial charge in [-0.15, -0.1) is 0 Å². The zero-order chi connectivity index (χ0) is 12.3. The van der Waals surface area contributed by atoms with Crippen LogP contribution >= 0.6 is 22.6 Å². The number of hydrogen-bond acceptors (Lipinski definition) is 2. The first-order valence-corrected chi connectivity index (χ1v) is 6.05. The lowest BCUT2D eigenvalue weighted by Gasteiger charge is -2.08. The lowest BCUT2D eigenvalue weighted by molar-refractivity contribution is 0.414.